The highest BCUT2D eigenvalue weighted by Crippen LogP contribution is 2.30. The summed E-state index contributed by atoms with van der Waals surface area (Å²) in [5.74, 6) is 1.54. The van der Waals surface area contributed by atoms with Crippen molar-refractivity contribution in [3.63, 3.8) is 0 Å². The highest BCUT2D eigenvalue weighted by molar-refractivity contribution is 5.68. The van der Waals surface area contributed by atoms with Gasteiger partial charge in [0.2, 0.25) is 0 Å². The molecule has 1 saturated heterocycles. The first kappa shape index (κ1) is 11.3. The average molecular weight is 218 g/mol. The summed E-state index contributed by atoms with van der Waals surface area (Å²) in [5.41, 5.74) is 9.47. The van der Waals surface area contributed by atoms with Crippen molar-refractivity contribution in [2.45, 2.75) is 27.2 Å². The smallest absolute Gasteiger partial charge is 0.0600 e. The number of hydrogen-bond acceptors (Lipinski definition) is 2. The van der Waals surface area contributed by atoms with Crippen molar-refractivity contribution in [1.82, 2.24) is 0 Å². The van der Waals surface area contributed by atoms with Crippen LogP contribution in [0.3, 0.4) is 0 Å². The predicted molar refractivity (Wildman–Crippen MR) is 70.7 cm³/mol. The summed E-state index contributed by atoms with van der Waals surface area (Å²) >= 11 is 0. The monoisotopic (exact) mass is 218 g/mol. The van der Waals surface area contributed by atoms with Gasteiger partial charge in [0.15, 0.2) is 0 Å². The number of anilines is 2. The first-order valence-electron chi connectivity index (χ1n) is 6.17. The molecule has 0 aliphatic carbocycles. The number of nitrogens with two attached hydrogens (primary N) is 1. The van der Waals surface area contributed by atoms with Crippen molar-refractivity contribution >= 4 is 11.4 Å². The fraction of sp³-hybridized carbons (Fsp3) is 0.571. The first-order valence-corrected chi connectivity index (χ1v) is 6.17. The third-order valence-corrected chi connectivity index (χ3v) is 3.39. The maximum atomic E-state index is 6.10. The summed E-state index contributed by atoms with van der Waals surface area (Å²) < 4.78 is 0. The Morgan fingerprint density at radius 2 is 1.81 bits per heavy atom. The lowest BCUT2D eigenvalue weighted by Crippen LogP contribution is -2.39. The van der Waals surface area contributed by atoms with E-state index >= 15 is 0 Å². The number of nitrogen functional groups attached to an aromatic ring is 1. The van der Waals surface area contributed by atoms with E-state index in [0.29, 0.717) is 0 Å². The molecule has 2 heteroatoms. The average Bonchev–Trinajstić information content (AvgIpc) is 2.15. The van der Waals surface area contributed by atoms with Crippen LogP contribution in [0.1, 0.15) is 25.8 Å². The standard InChI is InChI=1S/C14H22N2/c1-10-4-5-14(13(15)7-10)16-8-11(2)6-12(3)9-16/h4-5,7,11-12H,6,8-9,15H2,1-3H3/t11-,12-/m0/s1. The van der Waals surface area contributed by atoms with E-state index in [1.54, 1.807) is 0 Å². The van der Waals surface area contributed by atoms with Crippen molar-refractivity contribution in [3.05, 3.63) is 23.8 Å². The molecule has 0 aromatic heterocycles. The number of hydrogen-bond donors (Lipinski definition) is 1. The van der Waals surface area contributed by atoms with Crippen molar-refractivity contribution in [2.75, 3.05) is 23.7 Å². The van der Waals surface area contributed by atoms with Crippen LogP contribution in [-0.2, 0) is 0 Å². The fourth-order valence-electron chi connectivity index (χ4n) is 2.82. The Morgan fingerprint density at radius 3 is 2.38 bits per heavy atom. The largest absolute Gasteiger partial charge is 0.397 e. The van der Waals surface area contributed by atoms with Crippen molar-refractivity contribution < 1.29 is 0 Å². The quantitative estimate of drug-likeness (QED) is 0.734. The van der Waals surface area contributed by atoms with Crippen LogP contribution in [0.5, 0.6) is 0 Å². The molecule has 0 spiro atoms. The van der Waals surface area contributed by atoms with Gasteiger partial charge in [-0.05, 0) is 42.9 Å². The van der Waals surface area contributed by atoms with Gasteiger partial charge in [-0.2, -0.15) is 0 Å². The van der Waals surface area contributed by atoms with Crippen molar-refractivity contribution in [1.29, 1.82) is 0 Å². The Balaban J connectivity index is 2.23. The van der Waals surface area contributed by atoms with E-state index in [-0.39, 0.29) is 0 Å². The summed E-state index contributed by atoms with van der Waals surface area (Å²) in [6.45, 7) is 9.01. The molecule has 1 aliphatic rings. The van der Waals surface area contributed by atoms with Crippen LogP contribution >= 0.6 is 0 Å². The van der Waals surface area contributed by atoms with Crippen LogP contribution in [0.25, 0.3) is 0 Å². The Hall–Kier alpha value is -1.18. The van der Waals surface area contributed by atoms with Gasteiger partial charge in [-0.15, -0.1) is 0 Å². The lowest BCUT2D eigenvalue weighted by atomic mass is 9.91. The van der Waals surface area contributed by atoms with Crippen molar-refractivity contribution in [2.24, 2.45) is 11.8 Å². The molecule has 1 heterocycles. The fourth-order valence-corrected chi connectivity index (χ4v) is 2.82. The minimum Gasteiger partial charge on any atom is -0.397 e. The third kappa shape index (κ3) is 2.31. The number of aryl methyl sites for hydroxylation is 1. The van der Waals surface area contributed by atoms with E-state index in [9.17, 15) is 0 Å². The lowest BCUT2D eigenvalue weighted by Gasteiger charge is -2.37. The molecule has 1 aliphatic heterocycles. The van der Waals surface area contributed by atoms with E-state index in [1.807, 2.05) is 0 Å². The highest BCUT2D eigenvalue weighted by atomic mass is 15.1. The number of piperidine rings is 1. The van der Waals surface area contributed by atoms with Gasteiger partial charge in [-0.1, -0.05) is 19.9 Å². The Morgan fingerprint density at radius 1 is 1.19 bits per heavy atom. The van der Waals surface area contributed by atoms with Gasteiger partial charge in [0.25, 0.3) is 0 Å². The SMILES string of the molecule is Cc1ccc(N2C[C@@H](C)C[C@H](C)C2)c(N)c1. The third-order valence-electron chi connectivity index (χ3n) is 3.39. The van der Waals surface area contributed by atoms with E-state index in [0.717, 1.165) is 30.6 Å². The summed E-state index contributed by atoms with van der Waals surface area (Å²) in [6, 6.07) is 6.38. The summed E-state index contributed by atoms with van der Waals surface area (Å²) in [5, 5.41) is 0. The second-order valence-corrected chi connectivity index (χ2v) is 5.41. The van der Waals surface area contributed by atoms with Crippen LogP contribution in [0, 0.1) is 18.8 Å². The summed E-state index contributed by atoms with van der Waals surface area (Å²) in [7, 11) is 0. The number of benzene rings is 1. The van der Waals surface area contributed by atoms with E-state index in [1.165, 1.54) is 17.7 Å². The topological polar surface area (TPSA) is 29.3 Å². The molecular weight excluding hydrogens is 196 g/mol. The second kappa shape index (κ2) is 4.36. The molecule has 2 rings (SSSR count). The lowest BCUT2D eigenvalue weighted by molar-refractivity contribution is 0.357. The molecule has 0 unspecified atom stereocenters. The zero-order valence-electron chi connectivity index (χ0n) is 10.5. The molecule has 2 atom stereocenters. The molecular formula is C14H22N2. The predicted octanol–water partition coefficient (Wildman–Crippen LogP) is 3.06. The molecule has 0 radical (unpaired) electrons. The Bertz CT molecular complexity index is 363. The van der Waals surface area contributed by atoms with E-state index in [2.05, 4.69) is 43.9 Å². The van der Waals surface area contributed by atoms with Crippen molar-refractivity contribution in [3.8, 4) is 0 Å². The van der Waals surface area contributed by atoms with Gasteiger partial charge in [0.05, 0.1) is 11.4 Å². The van der Waals surface area contributed by atoms with Gasteiger partial charge in [-0.25, -0.2) is 0 Å². The Labute approximate surface area is 98.4 Å². The zero-order valence-corrected chi connectivity index (χ0v) is 10.5. The molecule has 0 saturated carbocycles. The highest BCUT2D eigenvalue weighted by Gasteiger charge is 2.22. The van der Waals surface area contributed by atoms with E-state index < -0.39 is 0 Å². The van der Waals surface area contributed by atoms with E-state index in [4.69, 9.17) is 5.73 Å². The molecule has 0 bridgehead atoms. The summed E-state index contributed by atoms with van der Waals surface area (Å²) in [4.78, 5) is 2.44. The van der Waals surface area contributed by atoms with Crippen LogP contribution in [-0.4, -0.2) is 13.1 Å². The Kier molecular flexibility index (Phi) is 3.08. The number of nitrogens with zero attached hydrogens (tertiary/aromatic N) is 1. The normalized spacial score (nSPS) is 25.8. The van der Waals surface area contributed by atoms with Gasteiger partial charge >= 0.3 is 0 Å². The zero-order chi connectivity index (χ0) is 11.7. The first-order chi connectivity index (χ1) is 7.56. The molecule has 1 aromatic carbocycles. The van der Waals surface area contributed by atoms with Crippen LogP contribution < -0.4 is 10.6 Å². The van der Waals surface area contributed by atoms with Gasteiger partial charge in [0, 0.05) is 13.1 Å². The maximum absolute atomic E-state index is 6.10. The van der Waals surface area contributed by atoms with Crippen LogP contribution in [0.2, 0.25) is 0 Å². The molecule has 1 aromatic rings. The molecule has 1 fully saturated rings. The molecule has 88 valence electrons. The van der Waals surface area contributed by atoms with Gasteiger partial charge in [0.1, 0.15) is 0 Å². The van der Waals surface area contributed by atoms with Gasteiger partial charge < -0.3 is 10.6 Å². The molecule has 0 amide bonds. The second-order valence-electron chi connectivity index (χ2n) is 5.41. The molecule has 2 N–H and O–H groups in total. The van der Waals surface area contributed by atoms with Gasteiger partial charge in [-0.3, -0.25) is 0 Å². The van der Waals surface area contributed by atoms with Crippen LogP contribution in [0.15, 0.2) is 18.2 Å². The summed E-state index contributed by atoms with van der Waals surface area (Å²) in [6.07, 6.45) is 1.34. The number of rotatable bonds is 1. The molecule has 2 nitrogen and oxygen atoms in total. The van der Waals surface area contributed by atoms with Crippen LogP contribution in [0.4, 0.5) is 11.4 Å². The molecule has 16 heavy (non-hydrogen) atoms. The maximum Gasteiger partial charge on any atom is 0.0600 e. The minimum absolute atomic E-state index is 0.768. The minimum atomic E-state index is 0.768.